The van der Waals surface area contributed by atoms with Gasteiger partial charge in [-0.25, -0.2) is 4.98 Å². The number of aromatic nitrogens is 2. The van der Waals surface area contributed by atoms with Gasteiger partial charge in [0.05, 0.1) is 6.20 Å². The summed E-state index contributed by atoms with van der Waals surface area (Å²) in [5, 5.41) is 0. The Bertz CT molecular complexity index is 543. The van der Waals surface area contributed by atoms with E-state index in [2.05, 4.69) is 9.97 Å². The average molecular weight is 233 g/mol. The van der Waals surface area contributed by atoms with Gasteiger partial charge in [-0.15, -0.1) is 0 Å². The predicted molar refractivity (Wildman–Crippen MR) is 57.0 cm³/mol. The normalized spacial score (nSPS) is 9.94. The molecule has 17 heavy (non-hydrogen) atoms. The lowest BCUT2D eigenvalue weighted by Crippen LogP contribution is -2.12. The van der Waals surface area contributed by atoms with Crippen LogP contribution in [0, 0.1) is 5.95 Å². The first-order chi connectivity index (χ1) is 8.15. The molecular weight excluding hydrogens is 225 g/mol. The molecule has 6 heteroatoms. The third-order valence-corrected chi connectivity index (χ3v) is 1.92. The van der Waals surface area contributed by atoms with Crippen molar-refractivity contribution in [1.29, 1.82) is 0 Å². The van der Waals surface area contributed by atoms with Crippen LogP contribution in [-0.4, -0.2) is 15.9 Å². The van der Waals surface area contributed by atoms with Crippen LogP contribution < -0.4 is 10.5 Å². The minimum Gasteiger partial charge on any atom is -0.456 e. The molecule has 0 aliphatic rings. The number of halogens is 1. The lowest BCUT2D eigenvalue weighted by atomic mass is 10.3. The molecule has 0 saturated carbocycles. The zero-order valence-electron chi connectivity index (χ0n) is 8.63. The highest BCUT2D eigenvalue weighted by Crippen LogP contribution is 2.20. The summed E-state index contributed by atoms with van der Waals surface area (Å²) in [4.78, 5) is 18.1. The topological polar surface area (TPSA) is 78.1 Å². The van der Waals surface area contributed by atoms with Crippen LogP contribution in [0.15, 0.2) is 36.7 Å². The van der Waals surface area contributed by atoms with Gasteiger partial charge in [-0.1, -0.05) is 0 Å². The van der Waals surface area contributed by atoms with Gasteiger partial charge in [0.2, 0.25) is 5.95 Å². The van der Waals surface area contributed by atoms with Crippen molar-refractivity contribution in [3.05, 3.63) is 48.3 Å². The second-order valence-corrected chi connectivity index (χ2v) is 3.16. The zero-order chi connectivity index (χ0) is 12.3. The maximum absolute atomic E-state index is 12.6. The number of hydrogen-bond acceptors (Lipinski definition) is 4. The second kappa shape index (κ2) is 4.56. The molecule has 0 aliphatic heterocycles. The van der Waals surface area contributed by atoms with E-state index in [4.69, 9.17) is 10.5 Å². The van der Waals surface area contributed by atoms with E-state index in [1.807, 2.05) is 0 Å². The standard InChI is InChI=1S/C11H8FN3O2/c12-10-2-1-8(6-15-10)17-7-3-4-14-9(5-7)11(13)16/h1-6H,(H2,13,16). The number of pyridine rings is 2. The van der Waals surface area contributed by atoms with Gasteiger partial charge in [0.25, 0.3) is 5.91 Å². The molecule has 0 aromatic carbocycles. The fourth-order valence-corrected chi connectivity index (χ4v) is 1.17. The van der Waals surface area contributed by atoms with E-state index in [1.165, 1.54) is 30.6 Å². The van der Waals surface area contributed by atoms with Crippen molar-refractivity contribution in [1.82, 2.24) is 9.97 Å². The summed E-state index contributed by atoms with van der Waals surface area (Å²) in [5.74, 6) is -0.507. The van der Waals surface area contributed by atoms with E-state index in [0.29, 0.717) is 11.5 Å². The SMILES string of the molecule is NC(=O)c1cc(Oc2ccc(F)nc2)ccn1. The molecule has 0 aliphatic carbocycles. The Morgan fingerprint density at radius 2 is 2.06 bits per heavy atom. The fraction of sp³-hybridized carbons (Fsp3) is 0. The van der Waals surface area contributed by atoms with E-state index in [9.17, 15) is 9.18 Å². The molecule has 5 nitrogen and oxygen atoms in total. The second-order valence-electron chi connectivity index (χ2n) is 3.16. The van der Waals surface area contributed by atoms with Crippen molar-refractivity contribution in [2.45, 2.75) is 0 Å². The molecule has 0 radical (unpaired) electrons. The van der Waals surface area contributed by atoms with Gasteiger partial charge in [0, 0.05) is 12.3 Å². The van der Waals surface area contributed by atoms with Crippen molar-refractivity contribution in [3.63, 3.8) is 0 Å². The first-order valence-corrected chi connectivity index (χ1v) is 4.70. The largest absolute Gasteiger partial charge is 0.456 e. The zero-order valence-corrected chi connectivity index (χ0v) is 8.63. The number of carbonyl (C=O) groups is 1. The molecule has 1 amide bonds. The number of ether oxygens (including phenoxy) is 1. The predicted octanol–water partition coefficient (Wildman–Crippen LogP) is 1.51. The van der Waals surface area contributed by atoms with E-state index in [-0.39, 0.29) is 5.69 Å². The highest BCUT2D eigenvalue weighted by molar-refractivity contribution is 5.91. The molecule has 86 valence electrons. The maximum Gasteiger partial charge on any atom is 0.267 e. The molecule has 0 bridgehead atoms. The summed E-state index contributed by atoms with van der Waals surface area (Å²) in [6.07, 6.45) is 2.63. The van der Waals surface area contributed by atoms with E-state index >= 15 is 0 Å². The minimum absolute atomic E-state index is 0.0950. The lowest BCUT2D eigenvalue weighted by molar-refractivity contribution is 0.0995. The molecule has 2 N–H and O–H groups in total. The van der Waals surface area contributed by atoms with E-state index in [0.717, 1.165) is 0 Å². The number of amides is 1. The van der Waals surface area contributed by atoms with Gasteiger partial charge in [-0.2, -0.15) is 4.39 Å². The Morgan fingerprint density at radius 1 is 1.24 bits per heavy atom. The number of primary amides is 1. The molecule has 2 rings (SSSR count). The molecule has 2 aromatic rings. The quantitative estimate of drug-likeness (QED) is 0.815. The molecular formula is C11H8FN3O2. The summed E-state index contributed by atoms with van der Waals surface area (Å²) < 4.78 is 17.9. The number of hydrogen-bond donors (Lipinski definition) is 1. The van der Waals surface area contributed by atoms with Crippen LogP contribution in [-0.2, 0) is 0 Å². The third kappa shape index (κ3) is 2.75. The van der Waals surface area contributed by atoms with Crippen LogP contribution >= 0.6 is 0 Å². The first-order valence-electron chi connectivity index (χ1n) is 4.70. The summed E-state index contributed by atoms with van der Waals surface area (Å²) >= 11 is 0. The monoisotopic (exact) mass is 233 g/mol. The van der Waals surface area contributed by atoms with Crippen LogP contribution in [0.5, 0.6) is 11.5 Å². The van der Waals surface area contributed by atoms with Crippen LogP contribution in [0.1, 0.15) is 10.5 Å². The Balaban J connectivity index is 2.21. The summed E-state index contributed by atoms with van der Waals surface area (Å²) in [6.45, 7) is 0. The average Bonchev–Trinajstić information content (AvgIpc) is 2.32. The molecule has 0 atom stereocenters. The number of nitrogens with two attached hydrogens (primary N) is 1. The Kier molecular flexibility index (Phi) is 2.95. The summed E-state index contributed by atoms with van der Waals surface area (Å²) in [6, 6.07) is 5.54. The van der Waals surface area contributed by atoms with Gasteiger partial charge in [0.15, 0.2) is 0 Å². The number of carbonyl (C=O) groups excluding carboxylic acids is 1. The van der Waals surface area contributed by atoms with Gasteiger partial charge in [-0.3, -0.25) is 9.78 Å². The van der Waals surface area contributed by atoms with Crippen LogP contribution in [0.3, 0.4) is 0 Å². The maximum atomic E-state index is 12.6. The smallest absolute Gasteiger partial charge is 0.267 e. The molecule has 2 heterocycles. The third-order valence-electron chi connectivity index (χ3n) is 1.92. The van der Waals surface area contributed by atoms with Crippen LogP contribution in [0.25, 0.3) is 0 Å². The molecule has 2 aromatic heterocycles. The van der Waals surface area contributed by atoms with Gasteiger partial charge < -0.3 is 10.5 Å². The van der Waals surface area contributed by atoms with Crippen LogP contribution in [0.4, 0.5) is 4.39 Å². The number of rotatable bonds is 3. The van der Waals surface area contributed by atoms with E-state index in [1.54, 1.807) is 6.07 Å². The van der Waals surface area contributed by atoms with Crippen molar-refractivity contribution in [2.24, 2.45) is 5.73 Å². The molecule has 0 saturated heterocycles. The Labute approximate surface area is 96.1 Å². The lowest BCUT2D eigenvalue weighted by Gasteiger charge is -2.05. The highest BCUT2D eigenvalue weighted by atomic mass is 19.1. The minimum atomic E-state index is -0.646. The Morgan fingerprint density at radius 3 is 2.71 bits per heavy atom. The highest BCUT2D eigenvalue weighted by Gasteiger charge is 2.04. The van der Waals surface area contributed by atoms with Gasteiger partial charge >= 0.3 is 0 Å². The first kappa shape index (κ1) is 11.0. The molecule has 0 fully saturated rings. The van der Waals surface area contributed by atoms with Crippen molar-refractivity contribution < 1.29 is 13.9 Å². The van der Waals surface area contributed by atoms with Crippen molar-refractivity contribution >= 4 is 5.91 Å². The van der Waals surface area contributed by atoms with Gasteiger partial charge in [0.1, 0.15) is 17.2 Å². The summed E-state index contributed by atoms with van der Waals surface area (Å²) in [7, 11) is 0. The molecule has 0 unspecified atom stereocenters. The van der Waals surface area contributed by atoms with Crippen LogP contribution in [0.2, 0.25) is 0 Å². The van der Waals surface area contributed by atoms with Gasteiger partial charge in [-0.05, 0) is 18.2 Å². The fourth-order valence-electron chi connectivity index (χ4n) is 1.17. The molecule has 0 spiro atoms. The van der Waals surface area contributed by atoms with E-state index < -0.39 is 11.9 Å². The van der Waals surface area contributed by atoms with Crippen molar-refractivity contribution in [3.8, 4) is 11.5 Å². The number of nitrogens with zero attached hydrogens (tertiary/aromatic N) is 2. The van der Waals surface area contributed by atoms with Crippen molar-refractivity contribution in [2.75, 3.05) is 0 Å². The Hall–Kier alpha value is -2.50. The summed E-state index contributed by atoms with van der Waals surface area (Å²) in [5.41, 5.74) is 5.17.